The topological polar surface area (TPSA) is 85.7 Å². The first-order valence-corrected chi connectivity index (χ1v) is 13.0. The molecule has 0 unspecified atom stereocenters. The van der Waals surface area contributed by atoms with Crippen LogP contribution >= 0.6 is 0 Å². The first-order valence-electron chi connectivity index (χ1n) is 11.3. The molecule has 1 aromatic heterocycles. The molecular weight excluding hydrogens is 485 g/mol. The summed E-state index contributed by atoms with van der Waals surface area (Å²) in [5.74, 6) is -0.495. The minimum absolute atomic E-state index is 0.0428. The number of hydrogen-bond donors (Lipinski definition) is 1. The molecule has 0 atom stereocenters. The number of aryl methyl sites for hydroxylation is 1. The number of benzene rings is 1. The Morgan fingerprint density at radius 2 is 1.70 bits per heavy atom. The molecule has 1 N–H and O–H groups in total. The molecular formula is C26H33NO5Se. The Morgan fingerprint density at radius 3 is 2.27 bits per heavy atom. The van der Waals surface area contributed by atoms with E-state index in [2.05, 4.69) is 44.8 Å². The molecule has 178 valence electrons. The van der Waals surface area contributed by atoms with Crippen LogP contribution in [0.3, 0.4) is 0 Å². The Bertz CT molecular complexity index is 1060. The van der Waals surface area contributed by atoms with Crippen LogP contribution in [-0.4, -0.2) is 50.2 Å². The van der Waals surface area contributed by atoms with E-state index in [-0.39, 0.29) is 50.5 Å². The van der Waals surface area contributed by atoms with E-state index in [9.17, 15) is 14.7 Å². The van der Waals surface area contributed by atoms with Crippen molar-refractivity contribution in [3.05, 3.63) is 46.6 Å². The molecule has 0 fully saturated rings. The summed E-state index contributed by atoms with van der Waals surface area (Å²) in [5, 5.41) is 9.43. The molecule has 1 heterocycles. The van der Waals surface area contributed by atoms with Crippen molar-refractivity contribution < 1.29 is 24.2 Å². The summed E-state index contributed by atoms with van der Waals surface area (Å²) in [7, 11) is 0. The van der Waals surface area contributed by atoms with E-state index in [4.69, 9.17) is 9.47 Å². The first-order chi connectivity index (χ1) is 15.4. The van der Waals surface area contributed by atoms with Crippen molar-refractivity contribution in [3.63, 3.8) is 0 Å². The van der Waals surface area contributed by atoms with Gasteiger partial charge in [-0.1, -0.05) is 0 Å². The average Bonchev–Trinajstić information content (AvgIpc) is 2.74. The van der Waals surface area contributed by atoms with E-state index >= 15 is 0 Å². The second kappa shape index (κ2) is 9.86. The van der Waals surface area contributed by atoms with E-state index < -0.39 is 5.97 Å². The predicted octanol–water partition coefficient (Wildman–Crippen LogP) is 3.29. The number of pyridine rings is 1. The SMILES string of the molecule is CCc1nc([Se]c2cc3c(cc2OCCOC(C)=O)C(C)(C)CCC3(C)C)ccc1C(=O)O. The van der Waals surface area contributed by atoms with Crippen LogP contribution in [0.15, 0.2) is 24.3 Å². The molecule has 0 aliphatic heterocycles. The Balaban J connectivity index is 2.03. The van der Waals surface area contributed by atoms with Gasteiger partial charge < -0.3 is 0 Å². The Hall–Kier alpha value is -2.37. The van der Waals surface area contributed by atoms with E-state index in [1.165, 1.54) is 18.1 Å². The number of hydrogen-bond acceptors (Lipinski definition) is 5. The number of fused-ring (bicyclic) bond motifs is 1. The molecule has 2 aromatic rings. The van der Waals surface area contributed by atoms with Crippen molar-refractivity contribution in [1.82, 2.24) is 4.98 Å². The van der Waals surface area contributed by atoms with Gasteiger partial charge in [-0.15, -0.1) is 0 Å². The number of carbonyl (C=O) groups excluding carboxylic acids is 1. The molecule has 0 spiro atoms. The fraction of sp³-hybridized carbons (Fsp3) is 0.500. The number of aromatic carboxylic acids is 1. The van der Waals surface area contributed by atoms with Gasteiger partial charge in [0.15, 0.2) is 0 Å². The van der Waals surface area contributed by atoms with Crippen molar-refractivity contribution >= 4 is 35.9 Å². The van der Waals surface area contributed by atoms with Gasteiger partial charge in [0.05, 0.1) is 0 Å². The Labute approximate surface area is 202 Å². The van der Waals surface area contributed by atoms with Crippen molar-refractivity contribution in [1.29, 1.82) is 0 Å². The summed E-state index contributed by atoms with van der Waals surface area (Å²) in [5.41, 5.74) is 3.58. The van der Waals surface area contributed by atoms with Crippen LogP contribution < -0.4 is 13.8 Å². The normalized spacial score (nSPS) is 16.1. The molecule has 33 heavy (non-hydrogen) atoms. The van der Waals surface area contributed by atoms with Gasteiger partial charge in [0.25, 0.3) is 0 Å². The van der Waals surface area contributed by atoms with Crippen LogP contribution in [0.1, 0.15) is 81.6 Å². The van der Waals surface area contributed by atoms with Crippen LogP contribution in [0.2, 0.25) is 0 Å². The van der Waals surface area contributed by atoms with Gasteiger partial charge in [0.1, 0.15) is 0 Å². The van der Waals surface area contributed by atoms with E-state index in [1.807, 2.05) is 6.92 Å². The van der Waals surface area contributed by atoms with E-state index in [0.29, 0.717) is 12.1 Å². The summed E-state index contributed by atoms with van der Waals surface area (Å²) in [6.45, 7) is 12.9. The summed E-state index contributed by atoms with van der Waals surface area (Å²) in [4.78, 5) is 27.3. The Kier molecular flexibility index (Phi) is 7.55. The number of ether oxygens (including phenoxy) is 2. The fourth-order valence-electron chi connectivity index (χ4n) is 4.22. The number of rotatable bonds is 8. The molecule has 1 aliphatic carbocycles. The minimum atomic E-state index is -0.953. The maximum atomic E-state index is 11.5. The van der Waals surface area contributed by atoms with Gasteiger partial charge in [0.2, 0.25) is 0 Å². The van der Waals surface area contributed by atoms with Gasteiger partial charge >= 0.3 is 202 Å². The third-order valence-electron chi connectivity index (χ3n) is 6.29. The second-order valence-corrected chi connectivity index (χ2v) is 11.9. The van der Waals surface area contributed by atoms with E-state index in [0.717, 1.165) is 27.6 Å². The van der Waals surface area contributed by atoms with Crippen LogP contribution in [-0.2, 0) is 26.8 Å². The maximum absolute atomic E-state index is 11.5. The first kappa shape index (κ1) is 25.3. The van der Waals surface area contributed by atoms with E-state index in [1.54, 1.807) is 12.1 Å². The fourth-order valence-corrected chi connectivity index (χ4v) is 6.13. The molecule has 6 nitrogen and oxygen atoms in total. The van der Waals surface area contributed by atoms with Gasteiger partial charge in [-0.05, 0) is 0 Å². The molecule has 1 aromatic carbocycles. The third kappa shape index (κ3) is 5.77. The van der Waals surface area contributed by atoms with Gasteiger partial charge in [-0.2, -0.15) is 0 Å². The van der Waals surface area contributed by atoms with Crippen LogP contribution in [0.5, 0.6) is 5.75 Å². The van der Waals surface area contributed by atoms with Crippen molar-refractivity contribution in [2.24, 2.45) is 0 Å². The molecule has 0 saturated heterocycles. The summed E-state index contributed by atoms with van der Waals surface area (Å²) in [6.07, 6.45) is 2.77. The summed E-state index contributed by atoms with van der Waals surface area (Å²) < 4.78 is 13.1. The Morgan fingerprint density at radius 1 is 1.06 bits per heavy atom. The van der Waals surface area contributed by atoms with Crippen LogP contribution in [0, 0.1) is 0 Å². The van der Waals surface area contributed by atoms with Gasteiger partial charge in [-0.25, -0.2) is 0 Å². The molecule has 7 heteroatoms. The number of carbonyl (C=O) groups is 2. The van der Waals surface area contributed by atoms with Gasteiger partial charge in [0, 0.05) is 0 Å². The number of nitrogens with zero attached hydrogens (tertiary/aromatic N) is 1. The predicted molar refractivity (Wildman–Crippen MR) is 129 cm³/mol. The van der Waals surface area contributed by atoms with Crippen molar-refractivity contribution in [3.8, 4) is 5.75 Å². The van der Waals surface area contributed by atoms with Crippen LogP contribution in [0.25, 0.3) is 0 Å². The quantitative estimate of drug-likeness (QED) is 0.328. The van der Waals surface area contributed by atoms with Crippen molar-refractivity contribution in [2.75, 3.05) is 13.2 Å². The zero-order valence-electron chi connectivity index (χ0n) is 20.3. The van der Waals surface area contributed by atoms with Crippen LogP contribution in [0.4, 0.5) is 0 Å². The molecule has 3 rings (SSSR count). The van der Waals surface area contributed by atoms with Gasteiger partial charge in [-0.3, -0.25) is 0 Å². The number of carboxylic acid groups (broad SMARTS) is 1. The number of esters is 1. The summed E-state index contributed by atoms with van der Waals surface area (Å²) in [6, 6.07) is 7.88. The molecule has 0 radical (unpaired) electrons. The molecule has 0 amide bonds. The average molecular weight is 519 g/mol. The molecule has 0 saturated carbocycles. The second-order valence-electron chi connectivity index (χ2n) is 9.71. The zero-order valence-corrected chi connectivity index (χ0v) is 22.0. The third-order valence-corrected chi connectivity index (χ3v) is 8.34. The summed E-state index contributed by atoms with van der Waals surface area (Å²) >= 11 is -0.176. The van der Waals surface area contributed by atoms with Crippen molar-refractivity contribution in [2.45, 2.75) is 71.6 Å². The molecule has 1 aliphatic rings. The number of carboxylic acids is 1. The number of aromatic nitrogens is 1. The molecule has 0 bridgehead atoms. The standard InChI is InChI=1S/C26H33NO5Se/c1-7-20-17(24(29)30)8-9-23(27-20)33-22-15-19-18(25(3,4)10-11-26(19,5)6)14-21(22)32-13-12-31-16(2)28/h8-9,14-15H,7,10-13H2,1-6H3,(H,29,30). The monoisotopic (exact) mass is 519 g/mol. The zero-order chi connectivity index (χ0) is 24.4.